The molecule has 1 atom stereocenters. The second-order valence-electron chi connectivity index (χ2n) is 8.68. The fourth-order valence-corrected chi connectivity index (χ4v) is 3.34. The van der Waals surface area contributed by atoms with Crippen molar-refractivity contribution in [2.75, 3.05) is 0 Å². The normalized spacial score (nSPS) is 12.2. The number of non-ortho nitro benzene ring substituents is 1. The van der Waals surface area contributed by atoms with Gasteiger partial charge in [0.2, 0.25) is 0 Å². The highest BCUT2D eigenvalue weighted by Gasteiger charge is 2.19. The maximum Gasteiger partial charge on any atom is 0.270 e. The lowest BCUT2D eigenvalue weighted by atomic mass is 9.89. The Balaban J connectivity index is 2.10. The van der Waals surface area contributed by atoms with Crippen molar-refractivity contribution in [2.45, 2.75) is 40.0 Å². The van der Waals surface area contributed by atoms with E-state index in [1.807, 2.05) is 37.5 Å². The van der Waals surface area contributed by atoms with Crippen molar-refractivity contribution in [1.82, 2.24) is 9.78 Å². The lowest BCUT2D eigenvalue weighted by Gasteiger charge is -2.15. The van der Waals surface area contributed by atoms with Gasteiger partial charge >= 0.3 is 0 Å². The first-order valence-corrected chi connectivity index (χ1v) is 10.0. The van der Waals surface area contributed by atoms with Gasteiger partial charge in [0.05, 0.1) is 10.5 Å². The van der Waals surface area contributed by atoms with Crippen LogP contribution < -0.4 is 0 Å². The van der Waals surface area contributed by atoms with Crippen LogP contribution in [0.4, 0.5) is 5.69 Å². The van der Waals surface area contributed by atoms with Crippen molar-refractivity contribution in [2.24, 2.45) is 12.5 Å². The zero-order valence-electron chi connectivity index (χ0n) is 18.1. The molecule has 0 saturated heterocycles. The van der Waals surface area contributed by atoms with E-state index in [2.05, 4.69) is 56.8 Å². The number of hydrogen-bond acceptors (Lipinski definition) is 3. The maximum atomic E-state index is 11.4. The van der Waals surface area contributed by atoms with Crippen LogP contribution in [0, 0.1) is 27.4 Å². The van der Waals surface area contributed by atoms with Gasteiger partial charge in [-0.15, -0.1) is 0 Å². The van der Waals surface area contributed by atoms with Gasteiger partial charge in [-0.3, -0.25) is 14.8 Å². The molecule has 0 saturated carbocycles. The molecule has 2 aromatic carbocycles. The van der Waals surface area contributed by atoms with E-state index >= 15 is 0 Å². The fraction of sp³-hybridized carbons (Fsp3) is 0.320. The van der Waals surface area contributed by atoms with E-state index in [-0.39, 0.29) is 21.9 Å². The van der Waals surface area contributed by atoms with Gasteiger partial charge < -0.3 is 0 Å². The summed E-state index contributed by atoms with van der Waals surface area (Å²) in [6, 6.07) is 15.3. The summed E-state index contributed by atoms with van der Waals surface area (Å²) in [5.74, 6) is 6.74. The second kappa shape index (κ2) is 8.54. The lowest BCUT2D eigenvalue weighted by molar-refractivity contribution is -0.384. The monoisotopic (exact) mass is 401 g/mol. The molecule has 0 aliphatic rings. The van der Waals surface area contributed by atoms with Crippen LogP contribution >= 0.6 is 0 Å². The zero-order valence-corrected chi connectivity index (χ0v) is 18.1. The Morgan fingerprint density at radius 3 is 2.50 bits per heavy atom. The third-order valence-corrected chi connectivity index (χ3v) is 4.86. The third-order valence-electron chi connectivity index (χ3n) is 4.86. The number of rotatable bonds is 5. The topological polar surface area (TPSA) is 61.0 Å². The molecule has 0 spiro atoms. The molecule has 0 fully saturated rings. The summed E-state index contributed by atoms with van der Waals surface area (Å²) in [5, 5.41) is 16.1. The highest BCUT2D eigenvalue weighted by molar-refractivity contribution is 5.72. The number of hydrogen-bond donors (Lipinski definition) is 0. The van der Waals surface area contributed by atoms with Gasteiger partial charge in [0.25, 0.3) is 5.69 Å². The maximum absolute atomic E-state index is 11.4. The van der Waals surface area contributed by atoms with E-state index in [9.17, 15) is 10.1 Å². The summed E-state index contributed by atoms with van der Waals surface area (Å²) in [5.41, 5.74) is 4.40. The number of aryl methyl sites for hydroxylation is 1. The fourth-order valence-electron chi connectivity index (χ4n) is 3.34. The predicted molar refractivity (Wildman–Crippen MR) is 120 cm³/mol. The summed E-state index contributed by atoms with van der Waals surface area (Å²) in [4.78, 5) is 11.1. The molecule has 5 nitrogen and oxygen atoms in total. The first-order valence-electron chi connectivity index (χ1n) is 10.0. The van der Waals surface area contributed by atoms with Crippen molar-refractivity contribution in [3.63, 3.8) is 0 Å². The molecule has 154 valence electrons. The molecule has 0 amide bonds. The number of nitrogens with zero attached hydrogens (tertiary/aromatic N) is 3. The van der Waals surface area contributed by atoms with E-state index in [1.165, 1.54) is 5.56 Å². The first-order chi connectivity index (χ1) is 14.1. The van der Waals surface area contributed by atoms with Crippen LogP contribution in [0.25, 0.3) is 11.3 Å². The summed E-state index contributed by atoms with van der Waals surface area (Å²) in [7, 11) is 1.84. The van der Waals surface area contributed by atoms with Gasteiger partial charge in [0.1, 0.15) is 5.69 Å². The van der Waals surface area contributed by atoms with Crippen molar-refractivity contribution >= 4 is 5.69 Å². The SMILES string of the molecule is CC(Cc1ccc([N+](=O)[O-])cc1-c1nn(C)cc1C#CC(C)(C)C)c1ccccc1. The van der Waals surface area contributed by atoms with Crippen LogP contribution in [0.1, 0.15) is 50.3 Å². The Bertz CT molecular complexity index is 1110. The Kier molecular flexibility index (Phi) is 6.07. The molecule has 3 aromatic rings. The largest absolute Gasteiger partial charge is 0.274 e. The molecule has 1 heterocycles. The molecular weight excluding hydrogens is 374 g/mol. The summed E-state index contributed by atoms with van der Waals surface area (Å²) >= 11 is 0. The lowest BCUT2D eigenvalue weighted by Crippen LogP contribution is -2.02. The standard InChI is InChI=1S/C25H27N3O2/c1-18(19-9-7-6-8-10-19)15-20-11-12-22(28(29)30)16-23(20)24-21(17-27(5)26-24)13-14-25(2,3)4/h6-12,16-18H,15H2,1-5H3. The Labute approximate surface area is 177 Å². The number of aromatic nitrogens is 2. The van der Waals surface area contributed by atoms with E-state index in [1.54, 1.807) is 16.8 Å². The van der Waals surface area contributed by atoms with Crippen LogP contribution in [-0.4, -0.2) is 14.7 Å². The van der Waals surface area contributed by atoms with Crippen molar-refractivity contribution in [3.05, 3.63) is 81.5 Å². The van der Waals surface area contributed by atoms with Crippen molar-refractivity contribution < 1.29 is 4.92 Å². The van der Waals surface area contributed by atoms with Gasteiger partial charge in [-0.1, -0.05) is 55.2 Å². The van der Waals surface area contributed by atoms with E-state index in [4.69, 9.17) is 0 Å². The molecule has 0 N–H and O–H groups in total. The van der Waals surface area contributed by atoms with Gasteiger partial charge in [-0.05, 0) is 44.2 Å². The second-order valence-corrected chi connectivity index (χ2v) is 8.68. The average Bonchev–Trinajstić information content (AvgIpc) is 3.07. The highest BCUT2D eigenvalue weighted by Crippen LogP contribution is 2.32. The van der Waals surface area contributed by atoms with Gasteiger partial charge in [0.15, 0.2) is 0 Å². The summed E-state index contributed by atoms with van der Waals surface area (Å²) < 4.78 is 1.71. The van der Waals surface area contributed by atoms with Crippen LogP contribution in [0.3, 0.4) is 0 Å². The molecule has 30 heavy (non-hydrogen) atoms. The molecule has 0 bridgehead atoms. The predicted octanol–water partition coefficient (Wildman–Crippen LogP) is 5.74. The molecule has 1 aromatic heterocycles. The Morgan fingerprint density at radius 2 is 1.87 bits per heavy atom. The van der Waals surface area contributed by atoms with Crippen LogP contribution in [0.2, 0.25) is 0 Å². The number of benzene rings is 2. The molecule has 1 unspecified atom stereocenters. The van der Waals surface area contributed by atoms with E-state index in [0.717, 1.165) is 23.1 Å². The van der Waals surface area contributed by atoms with E-state index < -0.39 is 0 Å². The molecule has 0 aliphatic carbocycles. The summed E-state index contributed by atoms with van der Waals surface area (Å²) in [6.45, 7) is 8.32. The molecule has 0 radical (unpaired) electrons. The van der Waals surface area contributed by atoms with E-state index in [0.29, 0.717) is 5.69 Å². The van der Waals surface area contributed by atoms with Crippen LogP contribution in [0.15, 0.2) is 54.7 Å². The number of nitro benzene ring substituents is 1. The Morgan fingerprint density at radius 1 is 1.17 bits per heavy atom. The minimum Gasteiger partial charge on any atom is -0.274 e. The van der Waals surface area contributed by atoms with Gasteiger partial charge in [0, 0.05) is 36.4 Å². The third kappa shape index (κ3) is 5.15. The van der Waals surface area contributed by atoms with Crippen molar-refractivity contribution in [3.8, 4) is 23.1 Å². The average molecular weight is 402 g/mol. The van der Waals surface area contributed by atoms with Crippen LogP contribution in [-0.2, 0) is 13.5 Å². The van der Waals surface area contributed by atoms with Crippen LogP contribution in [0.5, 0.6) is 0 Å². The molecule has 5 heteroatoms. The number of nitro groups is 1. The molecular formula is C25H27N3O2. The Hall–Kier alpha value is -3.39. The van der Waals surface area contributed by atoms with Crippen molar-refractivity contribution in [1.29, 1.82) is 0 Å². The quantitative estimate of drug-likeness (QED) is 0.311. The smallest absolute Gasteiger partial charge is 0.270 e. The van der Waals surface area contributed by atoms with Gasteiger partial charge in [-0.2, -0.15) is 5.10 Å². The summed E-state index contributed by atoms with van der Waals surface area (Å²) in [6.07, 6.45) is 2.62. The zero-order chi connectivity index (χ0) is 21.9. The molecule has 0 aliphatic heterocycles. The minimum absolute atomic E-state index is 0.0569. The molecule has 3 rings (SSSR count). The first kappa shape index (κ1) is 21.3. The highest BCUT2D eigenvalue weighted by atomic mass is 16.6. The van der Waals surface area contributed by atoms with Gasteiger partial charge in [-0.25, -0.2) is 0 Å². The minimum atomic E-state index is -0.364.